The van der Waals surface area contributed by atoms with Crippen LogP contribution in [0.5, 0.6) is 0 Å². The number of hydrogen-bond acceptors (Lipinski definition) is 7. The number of rotatable bonds is 11. The monoisotopic (exact) mass is 536 g/mol. The zero-order chi connectivity index (χ0) is 28.0. The minimum Gasteiger partial charge on any atom is -0.444 e. The van der Waals surface area contributed by atoms with Crippen LogP contribution in [0.1, 0.15) is 66.2 Å². The molecule has 3 rings (SSSR count). The smallest absolute Gasteiger partial charge is 0.408 e. The summed E-state index contributed by atoms with van der Waals surface area (Å²) in [5, 5.41) is 8.63. The van der Waals surface area contributed by atoms with Gasteiger partial charge in [0.1, 0.15) is 18.2 Å². The zero-order valence-corrected chi connectivity index (χ0v) is 23.3. The first-order valence-electron chi connectivity index (χ1n) is 13.6. The number of carbonyl (C=O) groups excluding carboxylic acids is 4. The summed E-state index contributed by atoms with van der Waals surface area (Å²) in [5.41, 5.74) is 0.0821. The molecule has 0 spiro atoms. The fraction of sp³-hybridized carbons (Fsp3) is 0.778. The summed E-state index contributed by atoms with van der Waals surface area (Å²) < 4.78 is 16.2. The van der Waals surface area contributed by atoms with Gasteiger partial charge in [-0.25, -0.2) is 4.79 Å². The number of ether oxygens (including phenoxy) is 3. The van der Waals surface area contributed by atoms with Gasteiger partial charge >= 0.3 is 6.09 Å². The average Bonchev–Trinajstić information content (AvgIpc) is 3.33. The van der Waals surface area contributed by atoms with E-state index in [1.54, 1.807) is 0 Å². The van der Waals surface area contributed by atoms with E-state index in [-0.39, 0.29) is 30.5 Å². The lowest BCUT2D eigenvalue weighted by Gasteiger charge is -2.35. The van der Waals surface area contributed by atoms with Crippen molar-refractivity contribution in [1.82, 2.24) is 20.9 Å². The summed E-state index contributed by atoms with van der Waals surface area (Å²) in [6.45, 7) is 12.6. The molecular weight excluding hydrogens is 492 g/mol. The van der Waals surface area contributed by atoms with Crippen LogP contribution >= 0.6 is 0 Å². The molecule has 3 aliphatic rings. The summed E-state index contributed by atoms with van der Waals surface area (Å²) >= 11 is 0. The summed E-state index contributed by atoms with van der Waals surface area (Å²) in [6.07, 6.45) is 2.17. The fourth-order valence-corrected chi connectivity index (χ4v) is 4.84. The summed E-state index contributed by atoms with van der Waals surface area (Å²) in [7, 11) is 1.45. The lowest BCUT2D eigenvalue weighted by Crippen LogP contribution is -2.59. The molecule has 0 radical (unpaired) electrons. The second-order valence-corrected chi connectivity index (χ2v) is 11.6. The highest BCUT2D eigenvalue weighted by atomic mass is 16.6. The first-order valence-corrected chi connectivity index (χ1v) is 13.6. The largest absolute Gasteiger partial charge is 0.444 e. The molecule has 5 atom stereocenters. The first-order chi connectivity index (χ1) is 17.9. The van der Waals surface area contributed by atoms with Crippen molar-refractivity contribution in [2.75, 3.05) is 26.9 Å². The van der Waals surface area contributed by atoms with Crippen molar-refractivity contribution in [3.63, 3.8) is 0 Å². The number of nitrogens with zero attached hydrogens (tertiary/aromatic N) is 1. The number of likely N-dealkylation sites (tertiary alicyclic amines) is 1. The van der Waals surface area contributed by atoms with Crippen molar-refractivity contribution in [3.8, 4) is 0 Å². The summed E-state index contributed by atoms with van der Waals surface area (Å²) in [5.74, 6) is -1.02. The van der Waals surface area contributed by atoms with Gasteiger partial charge in [-0.05, 0) is 31.1 Å². The molecule has 4 amide bonds. The molecule has 0 aromatic rings. The van der Waals surface area contributed by atoms with E-state index in [2.05, 4.69) is 22.5 Å². The van der Waals surface area contributed by atoms with Gasteiger partial charge in [-0.1, -0.05) is 46.3 Å². The highest BCUT2D eigenvalue weighted by Gasteiger charge is 2.44. The van der Waals surface area contributed by atoms with Crippen LogP contribution in [0.25, 0.3) is 0 Å². The first kappa shape index (κ1) is 29.9. The van der Waals surface area contributed by atoms with Crippen molar-refractivity contribution < 1.29 is 33.4 Å². The van der Waals surface area contributed by atoms with Gasteiger partial charge < -0.3 is 35.1 Å². The predicted octanol–water partition coefficient (Wildman–Crippen LogP) is 1.65. The number of nitrogens with one attached hydrogen (secondary N) is 3. The zero-order valence-electron chi connectivity index (χ0n) is 23.3. The number of hydrogen-bond donors (Lipinski definition) is 3. The van der Waals surface area contributed by atoms with Gasteiger partial charge in [-0.3, -0.25) is 14.4 Å². The van der Waals surface area contributed by atoms with Crippen LogP contribution in [0.3, 0.4) is 0 Å². The van der Waals surface area contributed by atoms with E-state index in [1.165, 1.54) is 12.0 Å². The van der Waals surface area contributed by atoms with E-state index in [1.807, 2.05) is 27.7 Å². The molecule has 38 heavy (non-hydrogen) atoms. The molecule has 3 fully saturated rings. The van der Waals surface area contributed by atoms with Gasteiger partial charge in [-0.2, -0.15) is 0 Å². The Hall–Kier alpha value is -2.66. The number of carbonyl (C=O) groups is 4. The normalized spacial score (nSPS) is 23.9. The SMILES string of the molecule is C=C1C[C@@H](C(=O)N[C@@H](CCC)C(OC)C(=O)NC2CC2)N(C(=O)[C@@H](NC(=O)O[C@H]2CCOC2)C(C)(C)C)C1. The van der Waals surface area contributed by atoms with Gasteiger partial charge in [0.2, 0.25) is 11.8 Å². The Labute approximate surface area is 225 Å². The molecule has 3 N–H and O–H groups in total. The fourth-order valence-electron chi connectivity index (χ4n) is 4.84. The van der Waals surface area contributed by atoms with E-state index in [9.17, 15) is 19.2 Å². The molecule has 2 heterocycles. The lowest BCUT2D eigenvalue weighted by atomic mass is 9.85. The van der Waals surface area contributed by atoms with Crippen molar-refractivity contribution >= 4 is 23.8 Å². The topological polar surface area (TPSA) is 135 Å². The van der Waals surface area contributed by atoms with E-state index in [0.717, 1.165) is 24.8 Å². The second kappa shape index (κ2) is 12.9. The van der Waals surface area contributed by atoms with Crippen molar-refractivity contribution in [1.29, 1.82) is 0 Å². The van der Waals surface area contributed by atoms with Crippen LogP contribution in [-0.4, -0.2) is 92.0 Å². The quantitative estimate of drug-likeness (QED) is 0.342. The Kier molecular flexibility index (Phi) is 10.2. The van der Waals surface area contributed by atoms with Gasteiger partial charge in [-0.15, -0.1) is 0 Å². The predicted molar refractivity (Wildman–Crippen MR) is 140 cm³/mol. The Morgan fingerprint density at radius 3 is 2.42 bits per heavy atom. The third-order valence-corrected chi connectivity index (χ3v) is 7.10. The van der Waals surface area contributed by atoms with Crippen molar-refractivity contribution in [2.45, 2.75) is 103 Å². The van der Waals surface area contributed by atoms with Crippen LogP contribution in [0, 0.1) is 5.41 Å². The molecule has 2 saturated heterocycles. The maximum Gasteiger partial charge on any atom is 0.408 e. The molecular formula is C27H44N4O7. The van der Waals surface area contributed by atoms with Crippen LogP contribution in [-0.2, 0) is 28.6 Å². The number of amides is 4. The molecule has 1 aliphatic carbocycles. The van der Waals surface area contributed by atoms with Crippen molar-refractivity contribution in [2.24, 2.45) is 5.41 Å². The molecule has 1 unspecified atom stereocenters. The average molecular weight is 537 g/mol. The van der Waals surface area contributed by atoms with E-state index in [0.29, 0.717) is 32.5 Å². The molecule has 11 nitrogen and oxygen atoms in total. The maximum absolute atomic E-state index is 13.8. The molecule has 0 bridgehead atoms. The molecule has 2 aliphatic heterocycles. The van der Waals surface area contributed by atoms with Gasteiger partial charge in [0.05, 0.1) is 19.3 Å². The summed E-state index contributed by atoms with van der Waals surface area (Å²) in [6, 6.07) is -2.13. The minimum absolute atomic E-state index is 0.166. The third-order valence-electron chi connectivity index (χ3n) is 7.10. The molecule has 1 saturated carbocycles. The maximum atomic E-state index is 13.8. The molecule has 214 valence electrons. The Bertz CT molecular complexity index is 892. The van der Waals surface area contributed by atoms with Gasteiger partial charge in [0, 0.05) is 26.1 Å². The van der Waals surface area contributed by atoms with Crippen LogP contribution < -0.4 is 16.0 Å². The Morgan fingerprint density at radius 1 is 1.16 bits per heavy atom. The molecule has 0 aromatic heterocycles. The van der Waals surface area contributed by atoms with Crippen molar-refractivity contribution in [3.05, 3.63) is 12.2 Å². The standard InChI is InChI=1S/C27H44N4O7/c1-7-8-19(21(36-6)24(33)28-17-9-10-17)29-23(32)20-13-16(2)14-31(20)25(34)22(27(3,4)5)30-26(35)38-18-11-12-37-15-18/h17-22H,2,7-15H2,1,3-6H3,(H,28,33)(H,29,32)(H,30,35)/t18-,19-,20-,21?,22+/m0/s1. The summed E-state index contributed by atoms with van der Waals surface area (Å²) in [4.78, 5) is 54.2. The number of alkyl carbamates (subject to hydrolysis) is 1. The lowest BCUT2D eigenvalue weighted by molar-refractivity contribution is -0.143. The Morgan fingerprint density at radius 2 is 1.87 bits per heavy atom. The van der Waals surface area contributed by atoms with E-state index < -0.39 is 41.6 Å². The van der Waals surface area contributed by atoms with E-state index in [4.69, 9.17) is 14.2 Å². The third kappa shape index (κ3) is 7.92. The van der Waals surface area contributed by atoms with Gasteiger partial charge in [0.15, 0.2) is 6.10 Å². The van der Waals surface area contributed by atoms with Crippen LogP contribution in [0.4, 0.5) is 4.79 Å². The van der Waals surface area contributed by atoms with Gasteiger partial charge in [0.25, 0.3) is 5.91 Å². The highest BCUT2D eigenvalue weighted by molar-refractivity contribution is 5.93. The highest BCUT2D eigenvalue weighted by Crippen LogP contribution is 2.28. The van der Waals surface area contributed by atoms with Crippen LogP contribution in [0.15, 0.2) is 12.2 Å². The number of methoxy groups -OCH3 is 1. The van der Waals surface area contributed by atoms with E-state index >= 15 is 0 Å². The molecule has 0 aromatic carbocycles. The minimum atomic E-state index is -0.930. The second-order valence-electron chi connectivity index (χ2n) is 11.6. The molecule has 11 heteroatoms. The van der Waals surface area contributed by atoms with Crippen LogP contribution in [0.2, 0.25) is 0 Å². The Balaban J connectivity index is 1.72.